The smallest absolute Gasteiger partial charge is 0.338 e. The molecule has 0 saturated carbocycles. The van der Waals surface area contributed by atoms with Gasteiger partial charge in [-0.25, -0.2) is 17.9 Å². The molecule has 3 aromatic rings. The van der Waals surface area contributed by atoms with E-state index in [0.717, 1.165) is 16.7 Å². The number of hydrogen-bond donors (Lipinski definition) is 1. The Hall–Kier alpha value is -2.96. The van der Waals surface area contributed by atoms with Crippen LogP contribution in [0.3, 0.4) is 0 Å². The van der Waals surface area contributed by atoms with Crippen molar-refractivity contribution < 1.29 is 17.9 Å². The number of rotatable bonds is 7. The first-order valence-electron chi connectivity index (χ1n) is 8.81. The summed E-state index contributed by atoms with van der Waals surface area (Å²) in [7, 11) is -3.75. The van der Waals surface area contributed by atoms with Gasteiger partial charge >= 0.3 is 5.97 Å². The first-order chi connectivity index (χ1) is 13.5. The quantitative estimate of drug-likeness (QED) is 0.617. The summed E-state index contributed by atoms with van der Waals surface area (Å²) in [4.78, 5) is 12.4. The molecule has 0 aliphatic rings. The van der Waals surface area contributed by atoms with Crippen LogP contribution in [-0.2, 0) is 27.9 Å². The third-order valence-corrected chi connectivity index (χ3v) is 5.71. The van der Waals surface area contributed by atoms with Crippen molar-refractivity contribution in [1.29, 1.82) is 0 Å². The molecule has 144 valence electrons. The number of ether oxygens (including phenoxy) is 1. The second-order valence-corrected chi connectivity index (χ2v) is 8.11. The predicted octanol–water partition coefficient (Wildman–Crippen LogP) is 3.83. The fourth-order valence-corrected chi connectivity index (χ4v) is 3.71. The summed E-state index contributed by atoms with van der Waals surface area (Å²) in [6, 6.07) is 22.7. The van der Waals surface area contributed by atoms with Gasteiger partial charge in [-0.05, 0) is 41.8 Å². The van der Waals surface area contributed by atoms with Crippen molar-refractivity contribution in [3.8, 4) is 0 Å². The second kappa shape index (κ2) is 8.82. The van der Waals surface area contributed by atoms with Gasteiger partial charge in [0.25, 0.3) is 0 Å². The highest BCUT2D eigenvalue weighted by Gasteiger charge is 2.17. The van der Waals surface area contributed by atoms with Crippen LogP contribution in [0.2, 0.25) is 0 Å². The molecule has 6 heteroatoms. The Balaban J connectivity index is 1.68. The Kier molecular flexibility index (Phi) is 6.23. The summed E-state index contributed by atoms with van der Waals surface area (Å²) >= 11 is 0. The Bertz CT molecular complexity index is 1060. The summed E-state index contributed by atoms with van der Waals surface area (Å²) in [5.74, 6) is -0.566. The molecule has 0 aromatic heterocycles. The molecule has 3 rings (SSSR count). The van der Waals surface area contributed by atoms with E-state index in [4.69, 9.17) is 4.74 Å². The Morgan fingerprint density at radius 2 is 1.64 bits per heavy atom. The van der Waals surface area contributed by atoms with Crippen molar-refractivity contribution in [2.75, 3.05) is 0 Å². The van der Waals surface area contributed by atoms with Gasteiger partial charge in [0.2, 0.25) is 10.0 Å². The van der Waals surface area contributed by atoms with Crippen LogP contribution in [-0.4, -0.2) is 14.4 Å². The van der Waals surface area contributed by atoms with Gasteiger partial charge in [-0.15, -0.1) is 0 Å². The van der Waals surface area contributed by atoms with Gasteiger partial charge in [0.15, 0.2) is 0 Å². The van der Waals surface area contributed by atoms with E-state index >= 15 is 0 Å². The molecule has 0 bridgehead atoms. The van der Waals surface area contributed by atoms with E-state index in [9.17, 15) is 13.2 Å². The van der Waals surface area contributed by atoms with Gasteiger partial charge in [0, 0.05) is 6.54 Å². The number of nitrogens with one attached hydrogen (secondary N) is 1. The van der Waals surface area contributed by atoms with Crippen LogP contribution >= 0.6 is 0 Å². The fraction of sp³-hybridized carbons (Fsp3) is 0.136. The molecule has 5 nitrogen and oxygen atoms in total. The van der Waals surface area contributed by atoms with Crippen molar-refractivity contribution in [3.05, 3.63) is 101 Å². The number of hydrogen-bond acceptors (Lipinski definition) is 4. The van der Waals surface area contributed by atoms with Crippen LogP contribution < -0.4 is 4.72 Å². The van der Waals surface area contributed by atoms with E-state index in [1.54, 1.807) is 0 Å². The molecule has 28 heavy (non-hydrogen) atoms. The number of carbonyl (C=O) groups is 1. The maximum absolute atomic E-state index is 12.5. The molecule has 0 amide bonds. The van der Waals surface area contributed by atoms with Crippen molar-refractivity contribution in [3.63, 3.8) is 0 Å². The predicted molar refractivity (Wildman–Crippen MR) is 107 cm³/mol. The number of benzene rings is 3. The standard InChI is InChI=1S/C22H21NO4S/c1-17-8-5-6-11-20(17)16-27-22(24)19-12-7-13-21(14-19)28(25,26)23-15-18-9-3-2-4-10-18/h2-14,23H,15-16H2,1H3. The lowest BCUT2D eigenvalue weighted by molar-refractivity contribution is 0.0472. The van der Waals surface area contributed by atoms with E-state index in [1.165, 1.54) is 24.3 Å². The van der Waals surface area contributed by atoms with Gasteiger partial charge < -0.3 is 4.74 Å². The highest BCUT2D eigenvalue weighted by molar-refractivity contribution is 7.89. The second-order valence-electron chi connectivity index (χ2n) is 6.34. The summed E-state index contributed by atoms with van der Waals surface area (Å²) in [5, 5.41) is 0. The van der Waals surface area contributed by atoms with Crippen molar-refractivity contribution >= 4 is 16.0 Å². The van der Waals surface area contributed by atoms with Crippen molar-refractivity contribution in [2.24, 2.45) is 0 Å². The fourth-order valence-electron chi connectivity index (χ4n) is 2.65. The third kappa shape index (κ3) is 5.06. The van der Waals surface area contributed by atoms with Crippen LogP contribution in [0.1, 0.15) is 27.0 Å². The molecule has 0 unspecified atom stereocenters. The molecule has 0 aliphatic carbocycles. The molecule has 3 aromatic carbocycles. The topological polar surface area (TPSA) is 72.5 Å². The average Bonchev–Trinajstić information content (AvgIpc) is 2.72. The number of sulfonamides is 1. The molecular weight excluding hydrogens is 374 g/mol. The zero-order valence-electron chi connectivity index (χ0n) is 15.5. The van der Waals surface area contributed by atoms with Crippen molar-refractivity contribution in [1.82, 2.24) is 4.72 Å². The summed E-state index contributed by atoms with van der Waals surface area (Å²) < 4.78 is 33.0. The van der Waals surface area contributed by atoms with Crippen LogP contribution in [0, 0.1) is 6.92 Å². The van der Waals surface area contributed by atoms with E-state index in [-0.39, 0.29) is 23.6 Å². The lowest BCUT2D eigenvalue weighted by Crippen LogP contribution is -2.23. The third-order valence-electron chi connectivity index (χ3n) is 4.31. The van der Waals surface area contributed by atoms with Gasteiger partial charge in [0.05, 0.1) is 10.5 Å². The van der Waals surface area contributed by atoms with Gasteiger partial charge in [0.1, 0.15) is 6.61 Å². The molecule has 0 atom stereocenters. The monoisotopic (exact) mass is 395 g/mol. The lowest BCUT2D eigenvalue weighted by atomic mass is 10.1. The maximum atomic E-state index is 12.5. The van der Waals surface area contributed by atoms with E-state index in [0.29, 0.717) is 0 Å². The first-order valence-corrected chi connectivity index (χ1v) is 10.3. The number of aryl methyl sites for hydroxylation is 1. The molecule has 0 spiro atoms. The maximum Gasteiger partial charge on any atom is 0.338 e. The molecule has 0 radical (unpaired) electrons. The summed E-state index contributed by atoms with van der Waals surface area (Å²) in [5.41, 5.74) is 2.97. The van der Waals surface area contributed by atoms with Crippen LogP contribution in [0.15, 0.2) is 83.8 Å². The minimum absolute atomic E-state index is 0.0220. The summed E-state index contributed by atoms with van der Waals surface area (Å²) in [6.45, 7) is 2.24. The SMILES string of the molecule is Cc1ccccc1COC(=O)c1cccc(S(=O)(=O)NCc2ccccc2)c1. The number of esters is 1. The molecule has 1 N–H and O–H groups in total. The van der Waals surface area contributed by atoms with Gasteiger partial charge in [-0.2, -0.15) is 0 Å². The molecule has 0 heterocycles. The van der Waals surface area contributed by atoms with Crippen LogP contribution in [0.5, 0.6) is 0 Å². The average molecular weight is 395 g/mol. The first kappa shape index (κ1) is 19.8. The summed E-state index contributed by atoms with van der Waals surface area (Å²) in [6.07, 6.45) is 0. The minimum Gasteiger partial charge on any atom is -0.457 e. The lowest BCUT2D eigenvalue weighted by Gasteiger charge is -2.10. The van der Waals surface area contributed by atoms with Crippen molar-refractivity contribution in [2.45, 2.75) is 25.0 Å². The highest BCUT2D eigenvalue weighted by atomic mass is 32.2. The van der Waals surface area contributed by atoms with Gasteiger partial charge in [-0.3, -0.25) is 0 Å². The zero-order chi connectivity index (χ0) is 20.0. The minimum atomic E-state index is -3.75. The molecule has 0 aliphatic heterocycles. The van der Waals surface area contributed by atoms with Crippen LogP contribution in [0.25, 0.3) is 0 Å². The molecular formula is C22H21NO4S. The van der Waals surface area contributed by atoms with E-state index in [2.05, 4.69) is 4.72 Å². The van der Waals surface area contributed by atoms with Gasteiger partial charge in [-0.1, -0.05) is 60.7 Å². The van der Waals surface area contributed by atoms with Crippen LogP contribution in [0.4, 0.5) is 0 Å². The van der Waals surface area contributed by atoms with E-state index in [1.807, 2.05) is 61.5 Å². The normalized spacial score (nSPS) is 11.2. The zero-order valence-corrected chi connectivity index (χ0v) is 16.3. The highest BCUT2D eigenvalue weighted by Crippen LogP contribution is 2.15. The Morgan fingerprint density at radius 3 is 2.39 bits per heavy atom. The molecule has 0 fully saturated rings. The number of carbonyl (C=O) groups excluding carboxylic acids is 1. The Labute approximate surface area is 165 Å². The van der Waals surface area contributed by atoms with E-state index < -0.39 is 16.0 Å². The molecule has 0 saturated heterocycles. The Morgan fingerprint density at radius 1 is 0.929 bits per heavy atom. The largest absolute Gasteiger partial charge is 0.457 e.